The van der Waals surface area contributed by atoms with Crippen molar-refractivity contribution in [1.29, 1.82) is 0 Å². The van der Waals surface area contributed by atoms with E-state index in [9.17, 15) is 4.79 Å². The van der Waals surface area contributed by atoms with E-state index in [1.807, 2.05) is 18.2 Å². The molecule has 0 radical (unpaired) electrons. The first-order valence-electron chi connectivity index (χ1n) is 4.88. The predicted molar refractivity (Wildman–Crippen MR) is 58.5 cm³/mol. The Balaban J connectivity index is 2.40. The molecule has 0 fully saturated rings. The second kappa shape index (κ2) is 3.77. The second-order valence-corrected chi connectivity index (χ2v) is 3.60. The smallest absolute Gasteiger partial charge is 0.241 e. The number of methoxy groups -OCH3 is 1. The lowest BCUT2D eigenvalue weighted by molar-refractivity contribution is -0.113. The quantitative estimate of drug-likeness (QED) is 0.741. The van der Waals surface area contributed by atoms with Crippen LogP contribution in [0, 0.1) is 0 Å². The van der Waals surface area contributed by atoms with Gasteiger partial charge in [-0.05, 0) is 41.7 Å². The van der Waals surface area contributed by atoms with Gasteiger partial charge in [-0.3, -0.25) is 4.79 Å². The van der Waals surface area contributed by atoms with Gasteiger partial charge in [0, 0.05) is 6.08 Å². The van der Waals surface area contributed by atoms with Crippen LogP contribution in [0.4, 0.5) is 0 Å². The maximum atomic E-state index is 10.8. The molecule has 1 aromatic carbocycles. The van der Waals surface area contributed by atoms with Crippen LogP contribution in [0.3, 0.4) is 0 Å². The molecule has 0 saturated carbocycles. The van der Waals surface area contributed by atoms with Crippen LogP contribution in [-0.2, 0) is 11.2 Å². The van der Waals surface area contributed by atoms with Crippen molar-refractivity contribution in [2.75, 3.05) is 7.11 Å². The molecule has 1 aromatic rings. The number of ether oxygens (including phenoxy) is 1. The van der Waals surface area contributed by atoms with Crippen molar-refractivity contribution >= 4 is 11.5 Å². The molecule has 3 nitrogen and oxygen atoms in total. The van der Waals surface area contributed by atoms with Gasteiger partial charge in [-0.25, -0.2) is 0 Å². The van der Waals surface area contributed by atoms with Gasteiger partial charge in [0.1, 0.15) is 5.75 Å². The third kappa shape index (κ3) is 1.86. The van der Waals surface area contributed by atoms with Gasteiger partial charge in [0.05, 0.1) is 7.11 Å². The van der Waals surface area contributed by atoms with E-state index in [1.165, 1.54) is 11.6 Å². The van der Waals surface area contributed by atoms with Crippen LogP contribution < -0.4 is 10.5 Å². The molecule has 78 valence electrons. The van der Waals surface area contributed by atoms with Crippen LogP contribution in [0.5, 0.6) is 5.75 Å². The summed E-state index contributed by atoms with van der Waals surface area (Å²) in [5.74, 6) is 0.475. The van der Waals surface area contributed by atoms with Gasteiger partial charge in [-0.2, -0.15) is 0 Å². The van der Waals surface area contributed by atoms with Gasteiger partial charge < -0.3 is 10.5 Å². The van der Waals surface area contributed by atoms with Crippen molar-refractivity contribution in [3.63, 3.8) is 0 Å². The van der Waals surface area contributed by atoms with E-state index < -0.39 is 0 Å². The van der Waals surface area contributed by atoms with Gasteiger partial charge in [-0.1, -0.05) is 6.07 Å². The van der Waals surface area contributed by atoms with E-state index in [4.69, 9.17) is 10.5 Å². The van der Waals surface area contributed by atoms with Gasteiger partial charge in [0.25, 0.3) is 0 Å². The summed E-state index contributed by atoms with van der Waals surface area (Å²) in [5.41, 5.74) is 8.52. The Labute approximate surface area is 88.5 Å². The molecule has 1 aliphatic rings. The lowest BCUT2D eigenvalue weighted by atomic mass is 10.1. The highest BCUT2D eigenvalue weighted by atomic mass is 16.5. The van der Waals surface area contributed by atoms with Crippen LogP contribution in [0.25, 0.3) is 5.57 Å². The zero-order valence-electron chi connectivity index (χ0n) is 8.62. The van der Waals surface area contributed by atoms with E-state index in [0.717, 1.165) is 29.7 Å². The highest BCUT2D eigenvalue weighted by Crippen LogP contribution is 2.34. The Bertz CT molecular complexity index is 435. The Kier molecular flexibility index (Phi) is 2.46. The number of aryl methyl sites for hydroxylation is 1. The van der Waals surface area contributed by atoms with Gasteiger partial charge in [0.15, 0.2) is 0 Å². The van der Waals surface area contributed by atoms with Gasteiger partial charge in [0.2, 0.25) is 5.91 Å². The third-order valence-corrected chi connectivity index (χ3v) is 2.64. The summed E-state index contributed by atoms with van der Waals surface area (Å²) >= 11 is 0. The summed E-state index contributed by atoms with van der Waals surface area (Å²) in [6, 6.07) is 5.89. The topological polar surface area (TPSA) is 52.3 Å². The van der Waals surface area contributed by atoms with Crippen molar-refractivity contribution in [3.05, 3.63) is 35.4 Å². The standard InChI is InChI=1S/C12H13NO2/c1-15-10-4-5-11-8(6-10)2-3-9(11)7-12(13)14/h4-7H,2-3H2,1H3,(H2,13,14)/b9-7+. The number of carbonyl (C=O) groups excluding carboxylic acids is 1. The first-order valence-corrected chi connectivity index (χ1v) is 4.88. The Morgan fingerprint density at radius 2 is 2.27 bits per heavy atom. The van der Waals surface area contributed by atoms with Crippen LogP contribution in [0.15, 0.2) is 24.3 Å². The molecule has 0 bridgehead atoms. The normalized spacial score (nSPS) is 16.5. The second-order valence-electron chi connectivity index (χ2n) is 3.60. The number of benzene rings is 1. The van der Waals surface area contributed by atoms with E-state index in [0.29, 0.717) is 0 Å². The summed E-state index contributed by atoms with van der Waals surface area (Å²) < 4.78 is 5.14. The van der Waals surface area contributed by atoms with Crippen molar-refractivity contribution < 1.29 is 9.53 Å². The summed E-state index contributed by atoms with van der Waals surface area (Å²) in [7, 11) is 1.65. The molecule has 1 amide bonds. The lowest BCUT2D eigenvalue weighted by Crippen LogP contribution is -2.06. The SMILES string of the molecule is COc1ccc2c(c1)CC/C2=C\C(N)=O. The Morgan fingerprint density at radius 1 is 1.47 bits per heavy atom. The van der Waals surface area contributed by atoms with Gasteiger partial charge >= 0.3 is 0 Å². The molecule has 2 rings (SSSR count). The maximum Gasteiger partial charge on any atom is 0.241 e. The number of allylic oxidation sites excluding steroid dienone is 1. The fourth-order valence-corrected chi connectivity index (χ4v) is 1.94. The monoisotopic (exact) mass is 203 g/mol. The number of carbonyl (C=O) groups is 1. The van der Waals surface area contributed by atoms with E-state index in [-0.39, 0.29) is 5.91 Å². The summed E-state index contributed by atoms with van der Waals surface area (Å²) in [6.45, 7) is 0. The molecule has 1 aliphatic carbocycles. The maximum absolute atomic E-state index is 10.8. The van der Waals surface area contributed by atoms with E-state index in [1.54, 1.807) is 7.11 Å². The van der Waals surface area contributed by atoms with Crippen molar-refractivity contribution in [2.24, 2.45) is 5.73 Å². The number of amides is 1. The summed E-state index contributed by atoms with van der Waals surface area (Å²) in [5, 5.41) is 0. The zero-order valence-corrected chi connectivity index (χ0v) is 8.62. The minimum atomic E-state index is -0.381. The molecule has 3 heteroatoms. The summed E-state index contributed by atoms with van der Waals surface area (Å²) in [4.78, 5) is 10.8. The first kappa shape index (κ1) is 9.77. The average molecular weight is 203 g/mol. The van der Waals surface area contributed by atoms with Crippen LogP contribution >= 0.6 is 0 Å². The highest BCUT2D eigenvalue weighted by molar-refractivity contribution is 5.95. The molecule has 0 atom stereocenters. The van der Waals surface area contributed by atoms with Crippen LogP contribution in [0.2, 0.25) is 0 Å². The third-order valence-electron chi connectivity index (χ3n) is 2.64. The van der Waals surface area contributed by atoms with Crippen LogP contribution in [-0.4, -0.2) is 13.0 Å². The van der Waals surface area contributed by atoms with Crippen molar-refractivity contribution in [1.82, 2.24) is 0 Å². The number of primary amides is 1. The Hall–Kier alpha value is -1.77. The molecule has 0 saturated heterocycles. The fourth-order valence-electron chi connectivity index (χ4n) is 1.94. The molecular weight excluding hydrogens is 190 g/mol. The van der Waals surface area contributed by atoms with E-state index in [2.05, 4.69) is 0 Å². The van der Waals surface area contributed by atoms with E-state index >= 15 is 0 Å². The molecule has 0 unspecified atom stereocenters. The minimum absolute atomic E-state index is 0.381. The fraction of sp³-hybridized carbons (Fsp3) is 0.250. The zero-order chi connectivity index (χ0) is 10.8. The number of fused-ring (bicyclic) bond motifs is 1. The molecule has 0 heterocycles. The highest BCUT2D eigenvalue weighted by Gasteiger charge is 2.16. The number of hydrogen-bond acceptors (Lipinski definition) is 2. The predicted octanol–water partition coefficient (Wildman–Crippen LogP) is 1.51. The summed E-state index contributed by atoms with van der Waals surface area (Å²) in [6.07, 6.45) is 3.34. The average Bonchev–Trinajstić information content (AvgIpc) is 2.60. The Morgan fingerprint density at radius 3 is 2.93 bits per heavy atom. The number of rotatable bonds is 2. The van der Waals surface area contributed by atoms with Crippen LogP contribution in [0.1, 0.15) is 17.5 Å². The minimum Gasteiger partial charge on any atom is -0.497 e. The molecule has 0 spiro atoms. The molecule has 0 aromatic heterocycles. The molecular formula is C12H13NO2. The van der Waals surface area contributed by atoms with Crippen molar-refractivity contribution in [2.45, 2.75) is 12.8 Å². The van der Waals surface area contributed by atoms with Gasteiger partial charge in [-0.15, -0.1) is 0 Å². The molecule has 0 aliphatic heterocycles. The molecule has 15 heavy (non-hydrogen) atoms. The lowest BCUT2D eigenvalue weighted by Gasteiger charge is -2.03. The number of hydrogen-bond donors (Lipinski definition) is 1. The largest absolute Gasteiger partial charge is 0.497 e. The molecule has 2 N–H and O–H groups in total. The first-order chi connectivity index (χ1) is 7.20. The van der Waals surface area contributed by atoms with Crippen molar-refractivity contribution in [3.8, 4) is 5.75 Å². The number of nitrogens with two attached hydrogens (primary N) is 1.